The van der Waals surface area contributed by atoms with Gasteiger partial charge in [0.2, 0.25) is 20.0 Å². The summed E-state index contributed by atoms with van der Waals surface area (Å²) in [5, 5.41) is 0. The summed E-state index contributed by atoms with van der Waals surface area (Å²) >= 11 is 0. The van der Waals surface area contributed by atoms with Gasteiger partial charge in [0, 0.05) is 13.1 Å². The lowest BCUT2D eigenvalue weighted by Gasteiger charge is -2.26. The van der Waals surface area contributed by atoms with E-state index in [0.717, 1.165) is 6.26 Å². The minimum atomic E-state index is -4.09. The molecule has 13 heteroatoms. The topological polar surface area (TPSA) is 139 Å². The Morgan fingerprint density at radius 1 is 0.767 bits per heavy atom. The third-order valence-electron chi connectivity index (χ3n) is 4.21. The zero-order valence-corrected chi connectivity index (χ0v) is 18.4. The van der Waals surface area contributed by atoms with Crippen molar-refractivity contribution < 1.29 is 30.0 Å². The van der Waals surface area contributed by atoms with E-state index < -0.39 is 30.1 Å². The molecule has 1 heterocycles. The molecule has 3 rings (SSSR count). The minimum absolute atomic E-state index is 0.0255. The average Bonchev–Trinajstić information content (AvgIpc) is 2.69. The summed E-state index contributed by atoms with van der Waals surface area (Å²) in [4.78, 5) is -0.194. The summed E-state index contributed by atoms with van der Waals surface area (Å²) < 4.78 is 84.7. The summed E-state index contributed by atoms with van der Waals surface area (Å²) in [7, 11) is -11.5. The zero-order chi connectivity index (χ0) is 22.0. The Labute approximate surface area is 176 Å². The predicted octanol–water partition coefficient (Wildman–Crippen LogP) is 0.880. The highest BCUT2D eigenvalue weighted by Crippen LogP contribution is 2.26. The maximum absolute atomic E-state index is 12.7. The van der Waals surface area contributed by atoms with Gasteiger partial charge < -0.3 is 4.74 Å². The first-order valence-electron chi connectivity index (χ1n) is 8.77. The highest BCUT2D eigenvalue weighted by Gasteiger charge is 2.27. The number of sulfonamides is 3. The molecule has 2 aromatic carbocycles. The quantitative estimate of drug-likeness (QED) is 0.606. The molecule has 0 spiro atoms. The number of para-hydroxylation sites is 2. The molecular weight excluding hydrogens is 454 g/mol. The maximum atomic E-state index is 12.7. The van der Waals surface area contributed by atoms with Crippen molar-refractivity contribution in [2.24, 2.45) is 0 Å². The second-order valence-electron chi connectivity index (χ2n) is 6.51. The first kappa shape index (κ1) is 22.5. The summed E-state index contributed by atoms with van der Waals surface area (Å²) in [6.45, 7) is 1.06. The third kappa shape index (κ3) is 5.29. The van der Waals surface area contributed by atoms with Gasteiger partial charge in [-0.2, -0.15) is 4.31 Å². The monoisotopic (exact) mass is 475 g/mol. The number of morpholine rings is 1. The molecule has 2 aromatic rings. The van der Waals surface area contributed by atoms with Crippen LogP contribution in [0.5, 0.6) is 0 Å². The number of hydrogen-bond donors (Lipinski definition) is 2. The molecule has 164 valence electrons. The van der Waals surface area contributed by atoms with Crippen molar-refractivity contribution in [3.05, 3.63) is 48.5 Å². The van der Waals surface area contributed by atoms with E-state index in [1.54, 1.807) is 12.1 Å². The number of rotatable bonds is 7. The number of benzene rings is 2. The van der Waals surface area contributed by atoms with Crippen LogP contribution in [0, 0.1) is 0 Å². The summed E-state index contributed by atoms with van der Waals surface area (Å²) in [5.41, 5.74) is 0.100. The molecule has 1 fully saturated rings. The fourth-order valence-electron chi connectivity index (χ4n) is 2.79. The Bertz CT molecular complexity index is 1220. The molecule has 0 aliphatic carbocycles. The van der Waals surface area contributed by atoms with Crippen LogP contribution in [0.2, 0.25) is 0 Å². The van der Waals surface area contributed by atoms with E-state index >= 15 is 0 Å². The van der Waals surface area contributed by atoms with Gasteiger partial charge in [-0.1, -0.05) is 12.1 Å². The molecular formula is C17H21N3O7S3. The lowest BCUT2D eigenvalue weighted by molar-refractivity contribution is 0.0730. The normalized spacial score (nSPS) is 16.2. The Morgan fingerprint density at radius 3 is 1.80 bits per heavy atom. The van der Waals surface area contributed by atoms with Crippen LogP contribution in [0.3, 0.4) is 0 Å². The van der Waals surface area contributed by atoms with E-state index in [1.807, 2.05) is 0 Å². The molecule has 0 radical (unpaired) electrons. The third-order valence-corrected chi connectivity index (χ3v) is 8.09. The predicted molar refractivity (Wildman–Crippen MR) is 112 cm³/mol. The molecule has 10 nitrogen and oxygen atoms in total. The molecule has 0 saturated carbocycles. The van der Waals surface area contributed by atoms with Gasteiger partial charge in [-0.15, -0.1) is 0 Å². The first-order chi connectivity index (χ1) is 14.0. The summed E-state index contributed by atoms with van der Waals surface area (Å²) in [6.07, 6.45) is 0.950. The van der Waals surface area contributed by atoms with E-state index in [1.165, 1.54) is 40.7 Å². The van der Waals surface area contributed by atoms with E-state index in [9.17, 15) is 25.3 Å². The zero-order valence-electron chi connectivity index (χ0n) is 16.0. The Morgan fingerprint density at radius 2 is 1.27 bits per heavy atom. The Hall–Kier alpha value is -2.19. The van der Waals surface area contributed by atoms with Crippen LogP contribution in [0.15, 0.2) is 58.3 Å². The van der Waals surface area contributed by atoms with Crippen LogP contribution in [0.4, 0.5) is 11.4 Å². The van der Waals surface area contributed by atoms with Crippen molar-refractivity contribution in [3.8, 4) is 0 Å². The number of anilines is 2. The first-order valence-corrected chi connectivity index (χ1v) is 13.6. The summed E-state index contributed by atoms with van der Waals surface area (Å²) in [6, 6.07) is 10.7. The van der Waals surface area contributed by atoms with Crippen molar-refractivity contribution in [1.29, 1.82) is 0 Å². The maximum Gasteiger partial charge on any atom is 0.261 e. The molecule has 0 bridgehead atoms. The molecule has 1 saturated heterocycles. The highest BCUT2D eigenvalue weighted by atomic mass is 32.2. The van der Waals surface area contributed by atoms with Crippen molar-refractivity contribution in [3.63, 3.8) is 0 Å². The van der Waals surface area contributed by atoms with Crippen LogP contribution in [0.25, 0.3) is 0 Å². The number of nitrogens with one attached hydrogen (secondary N) is 2. The minimum Gasteiger partial charge on any atom is -0.379 e. The van der Waals surface area contributed by atoms with Crippen LogP contribution < -0.4 is 9.44 Å². The van der Waals surface area contributed by atoms with Gasteiger partial charge in [-0.25, -0.2) is 25.3 Å². The second-order valence-corrected chi connectivity index (χ2v) is 11.9. The number of nitrogens with zero attached hydrogens (tertiary/aromatic N) is 1. The van der Waals surface area contributed by atoms with E-state index in [0.29, 0.717) is 13.2 Å². The molecule has 0 unspecified atom stereocenters. The Kier molecular flexibility index (Phi) is 6.38. The smallest absolute Gasteiger partial charge is 0.261 e. The second kappa shape index (κ2) is 8.51. The van der Waals surface area contributed by atoms with E-state index in [-0.39, 0.29) is 34.3 Å². The summed E-state index contributed by atoms with van der Waals surface area (Å²) in [5.74, 6) is 0. The van der Waals surface area contributed by atoms with Crippen LogP contribution in [-0.4, -0.2) is 62.1 Å². The molecule has 2 N–H and O–H groups in total. The molecule has 30 heavy (non-hydrogen) atoms. The van der Waals surface area contributed by atoms with Gasteiger partial charge in [0.05, 0.1) is 40.6 Å². The van der Waals surface area contributed by atoms with Crippen molar-refractivity contribution in [1.82, 2.24) is 4.31 Å². The standard InChI is InChI=1S/C17H21N3O7S3/c1-28(21,22)18-16-4-2-3-5-17(16)19-29(23,24)14-6-8-15(9-7-14)30(25,26)20-10-12-27-13-11-20/h2-9,18-19H,10-13H2,1H3. The van der Waals surface area contributed by atoms with Gasteiger partial charge in [0.1, 0.15) is 0 Å². The average molecular weight is 476 g/mol. The molecule has 0 aromatic heterocycles. The number of ether oxygens (including phenoxy) is 1. The van der Waals surface area contributed by atoms with Gasteiger partial charge in [0.15, 0.2) is 0 Å². The van der Waals surface area contributed by atoms with Crippen LogP contribution >= 0.6 is 0 Å². The molecule has 1 aliphatic rings. The SMILES string of the molecule is CS(=O)(=O)Nc1ccccc1NS(=O)(=O)c1ccc(S(=O)(=O)N2CCOCC2)cc1. The van der Waals surface area contributed by atoms with Crippen molar-refractivity contribution in [2.75, 3.05) is 42.0 Å². The molecule has 1 aliphatic heterocycles. The fraction of sp³-hybridized carbons (Fsp3) is 0.294. The van der Waals surface area contributed by atoms with Crippen molar-refractivity contribution in [2.45, 2.75) is 9.79 Å². The lowest BCUT2D eigenvalue weighted by Crippen LogP contribution is -2.40. The van der Waals surface area contributed by atoms with Gasteiger partial charge in [0.25, 0.3) is 10.0 Å². The fourth-order valence-corrected chi connectivity index (χ4v) is 5.86. The molecule has 0 atom stereocenters. The van der Waals surface area contributed by atoms with Gasteiger partial charge in [-0.05, 0) is 36.4 Å². The Balaban J connectivity index is 1.84. The largest absolute Gasteiger partial charge is 0.379 e. The number of hydrogen-bond acceptors (Lipinski definition) is 7. The van der Waals surface area contributed by atoms with Crippen LogP contribution in [-0.2, 0) is 34.8 Å². The van der Waals surface area contributed by atoms with E-state index in [4.69, 9.17) is 4.74 Å². The molecule has 0 amide bonds. The van der Waals surface area contributed by atoms with Crippen LogP contribution in [0.1, 0.15) is 0 Å². The van der Waals surface area contributed by atoms with Gasteiger partial charge >= 0.3 is 0 Å². The highest BCUT2D eigenvalue weighted by molar-refractivity contribution is 7.93. The lowest BCUT2D eigenvalue weighted by atomic mass is 10.3. The van der Waals surface area contributed by atoms with Gasteiger partial charge in [-0.3, -0.25) is 9.44 Å². The van der Waals surface area contributed by atoms with E-state index in [2.05, 4.69) is 9.44 Å². The van der Waals surface area contributed by atoms with Crippen molar-refractivity contribution >= 4 is 41.4 Å².